The van der Waals surface area contributed by atoms with E-state index in [1.807, 2.05) is 16.9 Å². The lowest BCUT2D eigenvalue weighted by molar-refractivity contribution is -0.525. The predicted molar refractivity (Wildman–Crippen MR) is 65.3 cm³/mol. The molecule has 0 amide bonds. The Labute approximate surface area is 102 Å². The first kappa shape index (κ1) is 13.3. The summed E-state index contributed by atoms with van der Waals surface area (Å²) in [5.74, 6) is 0.144. The van der Waals surface area contributed by atoms with Gasteiger partial charge in [0.1, 0.15) is 0 Å². The summed E-state index contributed by atoms with van der Waals surface area (Å²) in [6.45, 7) is 1.89. The summed E-state index contributed by atoms with van der Waals surface area (Å²) >= 11 is 1.41. The second kappa shape index (κ2) is 7.52. The summed E-state index contributed by atoms with van der Waals surface area (Å²) in [5.41, 5.74) is 2.95. The van der Waals surface area contributed by atoms with Crippen molar-refractivity contribution >= 4 is 17.5 Å². The minimum atomic E-state index is -0.655. The molecule has 0 aliphatic heterocycles. The Morgan fingerprint density at radius 1 is 1.65 bits per heavy atom. The Balaban J connectivity index is 2.09. The van der Waals surface area contributed by atoms with Crippen molar-refractivity contribution in [3.63, 3.8) is 0 Å². The summed E-state index contributed by atoms with van der Waals surface area (Å²) in [5, 5.41) is 17.4. The third-order valence-electron chi connectivity index (χ3n) is 1.81. The van der Waals surface area contributed by atoms with Crippen molar-refractivity contribution in [1.82, 2.24) is 20.4 Å². The molecule has 1 heterocycles. The number of hydrazine groups is 1. The molecule has 1 aromatic heterocycles. The molecule has 8 nitrogen and oxygen atoms in total. The zero-order valence-electron chi connectivity index (χ0n) is 9.34. The lowest BCUT2D eigenvalue weighted by Gasteiger charge is -2.06. The van der Waals surface area contributed by atoms with Crippen LogP contribution in [0, 0.1) is 10.1 Å². The summed E-state index contributed by atoms with van der Waals surface area (Å²) in [4.78, 5) is 13.9. The van der Waals surface area contributed by atoms with Gasteiger partial charge in [0.05, 0.1) is 5.69 Å². The van der Waals surface area contributed by atoms with E-state index in [4.69, 9.17) is 0 Å². The van der Waals surface area contributed by atoms with Crippen LogP contribution in [0.15, 0.2) is 16.4 Å². The Morgan fingerprint density at radius 2 is 2.47 bits per heavy atom. The van der Waals surface area contributed by atoms with E-state index in [0.717, 1.165) is 5.69 Å². The zero-order chi connectivity index (χ0) is 12.5. The summed E-state index contributed by atoms with van der Waals surface area (Å²) < 4.78 is 4.14. The van der Waals surface area contributed by atoms with Gasteiger partial charge in [-0.15, -0.1) is 0 Å². The number of hydrogen-bond acceptors (Lipinski definition) is 6. The maximum absolute atomic E-state index is 10.2. The van der Waals surface area contributed by atoms with Crippen LogP contribution in [-0.2, 0) is 6.54 Å². The largest absolute Gasteiger partial charge is 0.351 e. The van der Waals surface area contributed by atoms with E-state index in [0.29, 0.717) is 19.6 Å². The van der Waals surface area contributed by atoms with Gasteiger partial charge < -0.3 is 10.6 Å². The molecule has 0 unspecified atom stereocenters. The van der Waals surface area contributed by atoms with Crippen LogP contribution < -0.4 is 16.1 Å². The van der Waals surface area contributed by atoms with E-state index in [9.17, 15) is 10.1 Å². The number of rotatable bonds is 6. The molecule has 0 atom stereocenters. The van der Waals surface area contributed by atoms with Crippen molar-refractivity contribution in [2.24, 2.45) is 4.99 Å². The molecule has 3 N–H and O–H groups in total. The van der Waals surface area contributed by atoms with Crippen LogP contribution >= 0.6 is 11.5 Å². The molecule has 1 rings (SSSR count). The summed E-state index contributed by atoms with van der Waals surface area (Å²) in [7, 11) is 1.47. The third kappa shape index (κ3) is 5.78. The van der Waals surface area contributed by atoms with E-state index in [1.54, 1.807) is 0 Å². The molecule has 17 heavy (non-hydrogen) atoms. The number of hydrogen-bond donors (Lipinski definition) is 3. The predicted octanol–water partition coefficient (Wildman–Crippen LogP) is -0.411. The van der Waals surface area contributed by atoms with Crippen LogP contribution in [0.25, 0.3) is 0 Å². The quantitative estimate of drug-likeness (QED) is 0.211. The fourth-order valence-corrected chi connectivity index (χ4v) is 1.61. The van der Waals surface area contributed by atoms with Crippen LogP contribution in [0.2, 0.25) is 0 Å². The van der Waals surface area contributed by atoms with Gasteiger partial charge in [0.15, 0.2) is 5.03 Å². The van der Waals surface area contributed by atoms with Crippen LogP contribution in [0.3, 0.4) is 0 Å². The zero-order valence-corrected chi connectivity index (χ0v) is 10.2. The standard InChI is InChI=1S/C8H14N6O2S/c1-9-8(12-14(15)16)11-4-3-10-6-7-2-5-17-13-7/h2,5,10H,3-4,6H2,1H3,(H2,9,11,12). The number of nitrogens with zero attached hydrogens (tertiary/aromatic N) is 3. The average Bonchev–Trinajstić information content (AvgIpc) is 2.79. The van der Waals surface area contributed by atoms with E-state index >= 15 is 0 Å². The molecular formula is C8H14N6O2S. The molecular weight excluding hydrogens is 244 g/mol. The Hall–Kier alpha value is -1.74. The van der Waals surface area contributed by atoms with Crippen LogP contribution in [-0.4, -0.2) is 35.5 Å². The first-order valence-electron chi connectivity index (χ1n) is 4.94. The van der Waals surface area contributed by atoms with Crippen molar-refractivity contribution in [1.29, 1.82) is 0 Å². The topological polar surface area (TPSA) is 104 Å². The van der Waals surface area contributed by atoms with Crippen LogP contribution in [0.1, 0.15) is 5.69 Å². The molecule has 0 fully saturated rings. The first-order valence-corrected chi connectivity index (χ1v) is 5.77. The second-order valence-corrected chi connectivity index (χ2v) is 3.70. The number of nitrogens with one attached hydrogen (secondary N) is 3. The van der Waals surface area contributed by atoms with Crippen LogP contribution in [0.5, 0.6) is 0 Å². The average molecular weight is 258 g/mol. The van der Waals surface area contributed by atoms with Crippen LogP contribution in [0.4, 0.5) is 0 Å². The molecule has 0 bridgehead atoms. The highest BCUT2D eigenvalue weighted by Gasteiger charge is 2.02. The molecule has 0 aliphatic rings. The Kier molecular flexibility index (Phi) is 5.89. The van der Waals surface area contributed by atoms with Gasteiger partial charge in [-0.1, -0.05) is 5.43 Å². The first-order chi connectivity index (χ1) is 8.22. The number of aromatic nitrogens is 1. The maximum Gasteiger partial charge on any atom is 0.254 e. The van der Waals surface area contributed by atoms with Gasteiger partial charge in [-0.05, 0) is 17.6 Å². The van der Waals surface area contributed by atoms with E-state index in [-0.39, 0.29) is 5.96 Å². The van der Waals surface area contributed by atoms with Gasteiger partial charge in [0.25, 0.3) is 5.96 Å². The van der Waals surface area contributed by atoms with Crippen molar-refractivity contribution in [3.8, 4) is 0 Å². The van der Waals surface area contributed by atoms with Crippen molar-refractivity contribution in [3.05, 3.63) is 27.3 Å². The molecule has 0 radical (unpaired) electrons. The molecule has 0 spiro atoms. The van der Waals surface area contributed by atoms with E-state index in [1.165, 1.54) is 18.6 Å². The molecule has 9 heteroatoms. The van der Waals surface area contributed by atoms with Gasteiger partial charge in [-0.2, -0.15) is 4.37 Å². The lowest BCUT2D eigenvalue weighted by atomic mass is 10.4. The molecule has 0 aliphatic carbocycles. The molecule has 94 valence electrons. The normalized spacial score (nSPS) is 11.2. The molecule has 0 saturated carbocycles. The molecule has 0 aromatic carbocycles. The summed E-state index contributed by atoms with van der Waals surface area (Å²) in [6.07, 6.45) is 0. The van der Waals surface area contributed by atoms with E-state index < -0.39 is 5.03 Å². The Bertz CT molecular complexity index is 366. The number of aliphatic imine (C=N–C) groups is 1. The fourth-order valence-electron chi connectivity index (χ4n) is 1.07. The van der Waals surface area contributed by atoms with Gasteiger partial charge >= 0.3 is 0 Å². The highest BCUT2D eigenvalue weighted by atomic mass is 32.1. The minimum absolute atomic E-state index is 0.144. The molecule has 0 saturated heterocycles. The minimum Gasteiger partial charge on any atom is -0.351 e. The lowest BCUT2D eigenvalue weighted by Crippen LogP contribution is -2.43. The second-order valence-electron chi connectivity index (χ2n) is 3.04. The highest BCUT2D eigenvalue weighted by Crippen LogP contribution is 1.97. The van der Waals surface area contributed by atoms with Crippen molar-refractivity contribution < 1.29 is 5.03 Å². The SMILES string of the molecule is CN=C(NCCNCc1ccsn1)N[N+](=O)[O-]. The monoisotopic (exact) mass is 258 g/mol. The Morgan fingerprint density at radius 3 is 3.06 bits per heavy atom. The third-order valence-corrected chi connectivity index (χ3v) is 2.41. The van der Waals surface area contributed by atoms with E-state index in [2.05, 4.69) is 20.0 Å². The van der Waals surface area contributed by atoms with Crippen molar-refractivity contribution in [2.45, 2.75) is 6.54 Å². The van der Waals surface area contributed by atoms with Gasteiger partial charge in [0, 0.05) is 32.1 Å². The fraction of sp³-hybridized carbons (Fsp3) is 0.500. The maximum atomic E-state index is 10.2. The molecule has 1 aromatic rings. The number of guanidine groups is 1. The van der Waals surface area contributed by atoms with Crippen molar-refractivity contribution in [2.75, 3.05) is 20.1 Å². The van der Waals surface area contributed by atoms with Gasteiger partial charge in [0.2, 0.25) is 0 Å². The van der Waals surface area contributed by atoms with Gasteiger partial charge in [-0.3, -0.25) is 4.99 Å². The van der Waals surface area contributed by atoms with Gasteiger partial charge in [-0.25, -0.2) is 10.1 Å². The summed E-state index contributed by atoms with van der Waals surface area (Å²) in [6, 6.07) is 1.94. The smallest absolute Gasteiger partial charge is 0.254 e. The number of nitro groups is 1. The highest BCUT2D eigenvalue weighted by molar-refractivity contribution is 7.03.